The van der Waals surface area contributed by atoms with E-state index >= 15 is 0 Å². The Labute approximate surface area is 109 Å². The molecule has 1 aromatic rings. The van der Waals surface area contributed by atoms with E-state index < -0.39 is 21.0 Å². The minimum absolute atomic E-state index is 0.189. The third kappa shape index (κ3) is 3.47. The van der Waals surface area contributed by atoms with Gasteiger partial charge >= 0.3 is 5.97 Å². The van der Waals surface area contributed by atoms with Gasteiger partial charge in [-0.3, -0.25) is 5.10 Å². The molecule has 1 rings (SSSR count). The zero-order valence-corrected chi connectivity index (χ0v) is 11.9. The lowest BCUT2D eigenvalue weighted by Gasteiger charge is -2.21. The molecule has 7 nitrogen and oxygen atoms in total. The standard InChI is InChI=1S/C9H15N3O4S2/c1-9(2,17-3)5-11-18(15,16)7-6(8(13)14)4-10-12-7/h4,11H,5H2,1-3H3,(H,10,12)(H,13,14). The highest BCUT2D eigenvalue weighted by Gasteiger charge is 2.27. The lowest BCUT2D eigenvalue weighted by Crippen LogP contribution is -2.36. The van der Waals surface area contributed by atoms with Crippen molar-refractivity contribution in [2.24, 2.45) is 0 Å². The number of H-pyrrole nitrogens is 1. The molecule has 0 atom stereocenters. The number of aromatic carboxylic acids is 1. The fourth-order valence-corrected chi connectivity index (χ4v) is 2.65. The van der Waals surface area contributed by atoms with Crippen molar-refractivity contribution in [2.45, 2.75) is 23.6 Å². The van der Waals surface area contributed by atoms with Crippen molar-refractivity contribution in [3.8, 4) is 0 Å². The minimum Gasteiger partial charge on any atom is -0.478 e. The summed E-state index contributed by atoms with van der Waals surface area (Å²) in [5, 5.41) is 14.0. The van der Waals surface area contributed by atoms with Crippen LogP contribution >= 0.6 is 11.8 Å². The number of aromatic amines is 1. The number of aromatic nitrogens is 2. The Kier molecular flexibility index (Phi) is 4.41. The van der Waals surface area contributed by atoms with E-state index in [4.69, 9.17) is 5.11 Å². The molecule has 0 aliphatic carbocycles. The van der Waals surface area contributed by atoms with Crippen LogP contribution in [0.3, 0.4) is 0 Å². The SMILES string of the molecule is CSC(C)(C)CNS(=O)(=O)c1[nH]ncc1C(=O)O. The van der Waals surface area contributed by atoms with Gasteiger partial charge in [0.15, 0.2) is 5.03 Å². The molecule has 0 unspecified atom stereocenters. The topological polar surface area (TPSA) is 112 Å². The smallest absolute Gasteiger partial charge is 0.340 e. The van der Waals surface area contributed by atoms with Crippen LogP contribution in [0.2, 0.25) is 0 Å². The second kappa shape index (κ2) is 5.29. The number of hydrogen-bond acceptors (Lipinski definition) is 5. The highest BCUT2D eigenvalue weighted by molar-refractivity contribution is 8.00. The van der Waals surface area contributed by atoms with Crippen LogP contribution in [0.4, 0.5) is 0 Å². The van der Waals surface area contributed by atoms with Crippen molar-refractivity contribution in [3.05, 3.63) is 11.8 Å². The van der Waals surface area contributed by atoms with E-state index in [0.29, 0.717) is 0 Å². The first-order valence-corrected chi connectivity index (χ1v) is 7.72. The second-order valence-electron chi connectivity index (χ2n) is 4.21. The number of nitrogens with zero attached hydrogens (tertiary/aromatic N) is 1. The number of nitrogens with one attached hydrogen (secondary N) is 2. The van der Waals surface area contributed by atoms with Crippen molar-refractivity contribution >= 4 is 27.8 Å². The van der Waals surface area contributed by atoms with Crippen LogP contribution in [0.25, 0.3) is 0 Å². The van der Waals surface area contributed by atoms with Gasteiger partial charge in [0, 0.05) is 11.3 Å². The van der Waals surface area contributed by atoms with Crippen LogP contribution in [0.15, 0.2) is 11.2 Å². The van der Waals surface area contributed by atoms with E-state index in [0.717, 1.165) is 6.20 Å². The van der Waals surface area contributed by atoms with Crippen LogP contribution in [0, 0.1) is 0 Å². The fraction of sp³-hybridized carbons (Fsp3) is 0.556. The van der Waals surface area contributed by atoms with Gasteiger partial charge in [-0.05, 0) is 20.1 Å². The van der Waals surface area contributed by atoms with Gasteiger partial charge in [-0.15, -0.1) is 0 Å². The summed E-state index contributed by atoms with van der Waals surface area (Å²) in [6.07, 6.45) is 2.84. The van der Waals surface area contributed by atoms with Gasteiger partial charge in [0.25, 0.3) is 10.0 Å². The van der Waals surface area contributed by atoms with Gasteiger partial charge in [-0.2, -0.15) is 16.9 Å². The molecule has 0 aromatic carbocycles. The Bertz CT molecular complexity index is 536. The Morgan fingerprint density at radius 2 is 2.22 bits per heavy atom. The van der Waals surface area contributed by atoms with E-state index in [2.05, 4.69) is 14.9 Å². The number of sulfonamides is 1. The number of hydrogen-bond donors (Lipinski definition) is 3. The molecule has 0 fully saturated rings. The molecular formula is C9H15N3O4S2. The fourth-order valence-electron chi connectivity index (χ4n) is 1.04. The Balaban J connectivity index is 2.94. The molecule has 0 saturated heterocycles. The van der Waals surface area contributed by atoms with Gasteiger partial charge in [0.2, 0.25) is 0 Å². The molecule has 0 bridgehead atoms. The maximum absolute atomic E-state index is 11.9. The number of carboxylic acid groups (broad SMARTS) is 1. The predicted molar refractivity (Wildman–Crippen MR) is 68.3 cm³/mol. The highest BCUT2D eigenvalue weighted by atomic mass is 32.2. The molecule has 9 heteroatoms. The van der Waals surface area contributed by atoms with Crippen LogP contribution in [0.5, 0.6) is 0 Å². The molecule has 0 amide bonds. The predicted octanol–water partition coefficient (Wildman–Crippen LogP) is 0.528. The molecule has 0 saturated carbocycles. The van der Waals surface area contributed by atoms with Crippen molar-refractivity contribution in [1.29, 1.82) is 0 Å². The van der Waals surface area contributed by atoms with Crippen LogP contribution in [-0.2, 0) is 10.0 Å². The molecule has 0 spiro atoms. The Hall–Kier alpha value is -1.06. The Morgan fingerprint density at radius 3 is 2.72 bits per heavy atom. The van der Waals surface area contributed by atoms with E-state index in [1.165, 1.54) is 11.8 Å². The zero-order valence-electron chi connectivity index (χ0n) is 10.2. The third-order valence-corrected chi connectivity index (χ3v) is 4.97. The molecule has 0 aliphatic rings. The number of carbonyl (C=O) groups is 1. The summed E-state index contributed by atoms with van der Waals surface area (Å²) >= 11 is 1.51. The van der Waals surface area contributed by atoms with E-state index in [9.17, 15) is 13.2 Å². The lowest BCUT2D eigenvalue weighted by atomic mass is 10.2. The monoisotopic (exact) mass is 293 g/mol. The van der Waals surface area contributed by atoms with Crippen molar-refractivity contribution < 1.29 is 18.3 Å². The third-order valence-electron chi connectivity index (χ3n) is 2.34. The first-order chi connectivity index (χ1) is 8.19. The largest absolute Gasteiger partial charge is 0.478 e. The van der Waals surface area contributed by atoms with E-state index in [1.807, 2.05) is 20.1 Å². The van der Waals surface area contributed by atoms with Crippen molar-refractivity contribution in [2.75, 3.05) is 12.8 Å². The van der Waals surface area contributed by atoms with Gasteiger partial charge in [-0.1, -0.05) is 0 Å². The molecule has 3 N–H and O–H groups in total. The zero-order chi connectivity index (χ0) is 14.0. The average Bonchev–Trinajstić information content (AvgIpc) is 2.76. The first-order valence-electron chi connectivity index (χ1n) is 5.01. The van der Waals surface area contributed by atoms with Crippen molar-refractivity contribution in [1.82, 2.24) is 14.9 Å². The lowest BCUT2D eigenvalue weighted by molar-refractivity contribution is 0.0692. The molecule has 18 heavy (non-hydrogen) atoms. The summed E-state index contributed by atoms with van der Waals surface area (Å²) in [4.78, 5) is 10.8. The van der Waals surface area contributed by atoms with E-state index in [1.54, 1.807) is 0 Å². The van der Waals surface area contributed by atoms with Gasteiger partial charge in [0.05, 0.1) is 6.20 Å². The molecule has 1 aromatic heterocycles. The Morgan fingerprint density at radius 1 is 1.61 bits per heavy atom. The molecular weight excluding hydrogens is 278 g/mol. The second-order valence-corrected chi connectivity index (χ2v) is 7.42. The summed E-state index contributed by atoms with van der Waals surface area (Å²) in [5.41, 5.74) is -0.371. The molecule has 1 heterocycles. The summed E-state index contributed by atoms with van der Waals surface area (Å²) in [5.74, 6) is -1.34. The summed E-state index contributed by atoms with van der Waals surface area (Å²) in [6.45, 7) is 3.95. The normalized spacial score (nSPS) is 12.6. The average molecular weight is 293 g/mol. The van der Waals surface area contributed by atoms with Gasteiger partial charge < -0.3 is 5.11 Å². The first kappa shape index (κ1) is 15.0. The van der Waals surface area contributed by atoms with Gasteiger partial charge in [-0.25, -0.2) is 17.9 Å². The van der Waals surface area contributed by atoms with Gasteiger partial charge in [0.1, 0.15) is 5.56 Å². The number of carboxylic acids is 1. The quantitative estimate of drug-likeness (QED) is 0.705. The van der Waals surface area contributed by atoms with E-state index in [-0.39, 0.29) is 16.9 Å². The molecule has 0 radical (unpaired) electrons. The minimum atomic E-state index is -3.90. The maximum Gasteiger partial charge on any atom is 0.340 e. The summed E-state index contributed by atoms with van der Waals surface area (Å²) in [7, 11) is -3.90. The number of thioether (sulfide) groups is 1. The summed E-state index contributed by atoms with van der Waals surface area (Å²) in [6, 6.07) is 0. The summed E-state index contributed by atoms with van der Waals surface area (Å²) < 4.78 is 25.9. The molecule has 0 aliphatic heterocycles. The van der Waals surface area contributed by atoms with Crippen molar-refractivity contribution in [3.63, 3.8) is 0 Å². The maximum atomic E-state index is 11.9. The van der Waals surface area contributed by atoms with Crippen LogP contribution < -0.4 is 4.72 Å². The molecule has 102 valence electrons. The highest BCUT2D eigenvalue weighted by Crippen LogP contribution is 2.21. The van der Waals surface area contributed by atoms with Crippen LogP contribution in [-0.4, -0.2) is 47.2 Å². The van der Waals surface area contributed by atoms with Crippen LogP contribution in [0.1, 0.15) is 24.2 Å². The number of rotatable bonds is 6.